The summed E-state index contributed by atoms with van der Waals surface area (Å²) >= 11 is 0. The zero-order chi connectivity index (χ0) is 14.4. The van der Waals surface area contributed by atoms with E-state index in [9.17, 15) is 8.42 Å². The number of aromatic nitrogens is 1. The summed E-state index contributed by atoms with van der Waals surface area (Å²) in [6, 6.07) is 2.53. The van der Waals surface area contributed by atoms with E-state index >= 15 is 0 Å². The molecule has 4 rings (SSSR count). The highest BCUT2D eigenvalue weighted by Crippen LogP contribution is 2.44. The van der Waals surface area contributed by atoms with Crippen molar-refractivity contribution >= 4 is 10.0 Å². The van der Waals surface area contributed by atoms with Gasteiger partial charge in [-0.15, -0.1) is 0 Å². The molecule has 0 aliphatic heterocycles. The van der Waals surface area contributed by atoms with Crippen LogP contribution in [0.25, 0.3) is 0 Å². The molecule has 1 heterocycles. The first-order valence-corrected chi connectivity index (χ1v) is 9.51. The maximum atomic E-state index is 12.5. The third-order valence-corrected chi connectivity index (χ3v) is 6.70. The van der Waals surface area contributed by atoms with Crippen LogP contribution in [0.4, 0.5) is 0 Å². The molecular weight excluding hydrogens is 286 g/mol. The van der Waals surface area contributed by atoms with Gasteiger partial charge in [0.15, 0.2) is 0 Å². The van der Waals surface area contributed by atoms with Crippen LogP contribution in [0.1, 0.15) is 44.2 Å². The van der Waals surface area contributed by atoms with Crippen LogP contribution in [0.5, 0.6) is 0 Å². The average Bonchev–Trinajstić information content (AvgIpc) is 2.89. The average molecular weight is 309 g/mol. The highest BCUT2D eigenvalue weighted by molar-refractivity contribution is 7.89. The van der Waals surface area contributed by atoms with Gasteiger partial charge in [0, 0.05) is 30.5 Å². The second-order valence-electron chi connectivity index (χ2n) is 6.92. The molecule has 0 aromatic carbocycles. The first kappa shape index (κ1) is 13.8. The molecule has 3 fully saturated rings. The van der Waals surface area contributed by atoms with E-state index < -0.39 is 10.0 Å². The number of sulfonamides is 1. The van der Waals surface area contributed by atoms with Gasteiger partial charge in [-0.05, 0) is 50.0 Å². The van der Waals surface area contributed by atoms with Crippen molar-refractivity contribution in [2.45, 2.75) is 62.0 Å². The number of hydrogen-bond donors (Lipinski definition) is 3. The summed E-state index contributed by atoms with van der Waals surface area (Å²) in [6.07, 6.45) is 8.77. The molecule has 0 radical (unpaired) electrons. The Kier molecular flexibility index (Phi) is 3.35. The molecule has 3 saturated carbocycles. The van der Waals surface area contributed by atoms with Gasteiger partial charge >= 0.3 is 0 Å². The molecule has 2 bridgehead atoms. The summed E-state index contributed by atoms with van der Waals surface area (Å²) in [4.78, 5) is 3.45. The van der Waals surface area contributed by atoms with Gasteiger partial charge in [-0.2, -0.15) is 0 Å². The Hall–Kier alpha value is -0.850. The van der Waals surface area contributed by atoms with Crippen molar-refractivity contribution in [3.8, 4) is 0 Å². The van der Waals surface area contributed by atoms with Gasteiger partial charge < -0.3 is 10.3 Å². The van der Waals surface area contributed by atoms with Crippen LogP contribution in [-0.4, -0.2) is 25.5 Å². The fourth-order valence-electron chi connectivity index (χ4n) is 3.87. The number of H-pyrrole nitrogens is 1. The molecule has 116 valence electrons. The van der Waals surface area contributed by atoms with Gasteiger partial charge in [0.2, 0.25) is 10.0 Å². The van der Waals surface area contributed by atoms with Gasteiger partial charge in [-0.1, -0.05) is 6.42 Å². The van der Waals surface area contributed by atoms with E-state index in [0.717, 1.165) is 18.0 Å². The predicted molar refractivity (Wildman–Crippen MR) is 80.2 cm³/mol. The second-order valence-corrected chi connectivity index (χ2v) is 8.63. The molecule has 0 amide bonds. The third kappa shape index (κ3) is 2.89. The Morgan fingerprint density at radius 2 is 2.05 bits per heavy atom. The van der Waals surface area contributed by atoms with Gasteiger partial charge in [-0.25, -0.2) is 13.1 Å². The van der Waals surface area contributed by atoms with Crippen molar-refractivity contribution in [3.05, 3.63) is 18.0 Å². The minimum absolute atomic E-state index is 0.150. The van der Waals surface area contributed by atoms with Gasteiger partial charge in [-0.3, -0.25) is 0 Å². The summed E-state index contributed by atoms with van der Waals surface area (Å²) in [5.74, 6) is 1.30. The largest absolute Gasteiger partial charge is 0.363 e. The lowest BCUT2D eigenvalue weighted by Gasteiger charge is -2.22. The van der Waals surface area contributed by atoms with Crippen LogP contribution in [0.3, 0.4) is 0 Å². The van der Waals surface area contributed by atoms with Crippen molar-refractivity contribution in [1.29, 1.82) is 0 Å². The fourth-order valence-corrected chi connectivity index (χ4v) is 5.21. The standard InChI is InChI=1S/C15H23N3O2S/c19-21(20,18-15-6-10-1-2-11(15)5-10)14-7-13(17-9-14)8-16-12-3-4-12/h7,9-12,15-18H,1-6,8H2. The van der Waals surface area contributed by atoms with Crippen LogP contribution >= 0.6 is 0 Å². The summed E-state index contributed by atoms with van der Waals surface area (Å²) in [6.45, 7) is 0.717. The topological polar surface area (TPSA) is 74.0 Å². The lowest BCUT2D eigenvalue weighted by Crippen LogP contribution is -2.38. The van der Waals surface area contributed by atoms with Crippen molar-refractivity contribution in [1.82, 2.24) is 15.0 Å². The summed E-state index contributed by atoms with van der Waals surface area (Å²) in [5.41, 5.74) is 0.940. The van der Waals surface area contributed by atoms with Crippen molar-refractivity contribution in [3.63, 3.8) is 0 Å². The van der Waals surface area contributed by atoms with Crippen molar-refractivity contribution < 1.29 is 8.42 Å². The van der Waals surface area contributed by atoms with Crippen LogP contribution in [0.2, 0.25) is 0 Å². The Balaban J connectivity index is 1.41. The zero-order valence-electron chi connectivity index (χ0n) is 12.1. The fraction of sp³-hybridized carbons (Fsp3) is 0.733. The van der Waals surface area contributed by atoms with Gasteiger partial charge in [0.1, 0.15) is 0 Å². The van der Waals surface area contributed by atoms with E-state index in [1.165, 1.54) is 32.1 Å². The maximum Gasteiger partial charge on any atom is 0.242 e. The van der Waals surface area contributed by atoms with E-state index in [4.69, 9.17) is 0 Å². The van der Waals surface area contributed by atoms with E-state index in [1.807, 2.05) is 0 Å². The highest BCUT2D eigenvalue weighted by atomic mass is 32.2. The smallest absolute Gasteiger partial charge is 0.242 e. The molecule has 3 unspecified atom stereocenters. The van der Waals surface area contributed by atoms with E-state index in [1.54, 1.807) is 12.3 Å². The number of rotatable bonds is 6. The third-order valence-electron chi connectivity index (χ3n) is 5.23. The molecule has 3 N–H and O–H groups in total. The zero-order valence-corrected chi connectivity index (χ0v) is 13.0. The molecule has 6 heteroatoms. The first-order valence-electron chi connectivity index (χ1n) is 8.03. The summed E-state index contributed by atoms with van der Waals surface area (Å²) in [5, 5.41) is 3.39. The monoisotopic (exact) mass is 309 g/mol. The van der Waals surface area contributed by atoms with Crippen LogP contribution in [-0.2, 0) is 16.6 Å². The highest BCUT2D eigenvalue weighted by Gasteiger charge is 2.41. The molecule has 0 saturated heterocycles. The molecule has 3 aliphatic carbocycles. The van der Waals surface area contributed by atoms with E-state index in [0.29, 0.717) is 23.4 Å². The SMILES string of the molecule is O=S(=O)(NC1CC2CCC1C2)c1c[nH]c(CNC2CC2)c1. The molecule has 0 spiro atoms. The maximum absolute atomic E-state index is 12.5. The molecule has 21 heavy (non-hydrogen) atoms. The first-order chi connectivity index (χ1) is 10.1. The lowest BCUT2D eigenvalue weighted by atomic mass is 9.96. The summed E-state index contributed by atoms with van der Waals surface area (Å²) in [7, 11) is -3.38. The quantitative estimate of drug-likeness (QED) is 0.749. The second kappa shape index (κ2) is 5.11. The van der Waals surface area contributed by atoms with Gasteiger partial charge in [0.25, 0.3) is 0 Å². The molecule has 5 nitrogen and oxygen atoms in total. The number of aromatic amines is 1. The Labute approximate surface area is 125 Å². The predicted octanol–water partition coefficient (Wildman–Crippen LogP) is 1.73. The Bertz CT molecular complexity index is 621. The molecular formula is C15H23N3O2S. The Morgan fingerprint density at radius 1 is 1.19 bits per heavy atom. The number of fused-ring (bicyclic) bond motifs is 2. The van der Waals surface area contributed by atoms with Crippen LogP contribution in [0, 0.1) is 11.8 Å². The summed E-state index contributed by atoms with van der Waals surface area (Å²) < 4.78 is 27.9. The lowest BCUT2D eigenvalue weighted by molar-refractivity contribution is 0.390. The van der Waals surface area contributed by atoms with E-state index in [-0.39, 0.29) is 6.04 Å². The van der Waals surface area contributed by atoms with Crippen molar-refractivity contribution in [2.24, 2.45) is 11.8 Å². The minimum atomic E-state index is -3.38. The Morgan fingerprint density at radius 3 is 2.71 bits per heavy atom. The normalized spacial score (nSPS) is 31.9. The molecule has 3 aliphatic rings. The number of hydrogen-bond acceptors (Lipinski definition) is 3. The van der Waals surface area contributed by atoms with Crippen LogP contribution in [0.15, 0.2) is 17.2 Å². The van der Waals surface area contributed by atoms with Crippen LogP contribution < -0.4 is 10.0 Å². The molecule has 1 aromatic rings. The number of nitrogens with one attached hydrogen (secondary N) is 3. The van der Waals surface area contributed by atoms with Crippen molar-refractivity contribution in [2.75, 3.05) is 0 Å². The minimum Gasteiger partial charge on any atom is -0.363 e. The molecule has 3 atom stereocenters. The molecule has 1 aromatic heterocycles. The van der Waals surface area contributed by atoms with Gasteiger partial charge in [0.05, 0.1) is 4.90 Å². The van der Waals surface area contributed by atoms with E-state index in [2.05, 4.69) is 15.0 Å².